The number of rotatable bonds is 3. The molecule has 0 aliphatic heterocycles. The lowest BCUT2D eigenvalue weighted by atomic mass is 10.1. The number of nitrogens with two attached hydrogens (primary N) is 1. The fraction of sp³-hybridized carbons (Fsp3) is 0.167. The third kappa shape index (κ3) is 1.99. The molecule has 1 aromatic heterocycles. The summed E-state index contributed by atoms with van der Waals surface area (Å²) in [6.07, 6.45) is 1.52. The lowest BCUT2D eigenvalue weighted by Crippen LogP contribution is -2.07. The van der Waals surface area contributed by atoms with Crippen molar-refractivity contribution in [2.24, 2.45) is 7.05 Å². The minimum absolute atomic E-state index is 0.206. The Morgan fingerprint density at radius 3 is 2.82 bits per heavy atom. The number of hydrogen-bond acceptors (Lipinski definition) is 4. The third-order valence-corrected chi connectivity index (χ3v) is 2.53. The lowest BCUT2D eigenvalue weighted by molar-refractivity contribution is 0.103. The molecular formula is C12H13N3O2. The van der Waals surface area contributed by atoms with E-state index in [4.69, 9.17) is 10.5 Å². The number of imidazole rings is 1. The summed E-state index contributed by atoms with van der Waals surface area (Å²) < 4.78 is 6.67. The van der Waals surface area contributed by atoms with Gasteiger partial charge in [-0.3, -0.25) is 4.79 Å². The highest BCUT2D eigenvalue weighted by molar-refractivity contribution is 6.10. The van der Waals surface area contributed by atoms with Gasteiger partial charge in [0, 0.05) is 12.6 Å². The van der Waals surface area contributed by atoms with E-state index in [1.807, 2.05) is 0 Å². The first-order valence-corrected chi connectivity index (χ1v) is 5.09. The Morgan fingerprint density at radius 1 is 1.47 bits per heavy atom. The molecule has 5 nitrogen and oxygen atoms in total. The van der Waals surface area contributed by atoms with Gasteiger partial charge in [0.15, 0.2) is 5.69 Å². The van der Waals surface area contributed by atoms with Crippen molar-refractivity contribution in [1.29, 1.82) is 0 Å². The molecule has 0 saturated carbocycles. The number of hydrogen-bond donors (Lipinski definition) is 1. The van der Waals surface area contributed by atoms with Crippen LogP contribution in [0, 0.1) is 0 Å². The normalized spacial score (nSPS) is 10.2. The van der Waals surface area contributed by atoms with Gasteiger partial charge >= 0.3 is 0 Å². The predicted molar refractivity (Wildman–Crippen MR) is 64.0 cm³/mol. The molecule has 0 saturated heterocycles. The van der Waals surface area contributed by atoms with Gasteiger partial charge in [-0.25, -0.2) is 4.98 Å². The molecule has 88 valence electrons. The van der Waals surface area contributed by atoms with Crippen molar-refractivity contribution in [3.8, 4) is 5.75 Å². The van der Waals surface area contributed by atoms with E-state index in [1.54, 1.807) is 43.0 Å². The molecule has 0 amide bonds. The number of ketones is 1. The van der Waals surface area contributed by atoms with E-state index in [1.165, 1.54) is 6.33 Å². The number of benzene rings is 1. The first kappa shape index (κ1) is 11.2. The number of anilines is 1. The summed E-state index contributed by atoms with van der Waals surface area (Å²) in [5.41, 5.74) is 6.53. The van der Waals surface area contributed by atoms with E-state index in [2.05, 4.69) is 4.98 Å². The first-order valence-electron chi connectivity index (χ1n) is 5.09. The molecule has 2 rings (SSSR count). The van der Waals surface area contributed by atoms with Crippen molar-refractivity contribution >= 4 is 11.6 Å². The molecule has 1 heterocycles. The number of methoxy groups -OCH3 is 1. The second kappa shape index (κ2) is 4.29. The van der Waals surface area contributed by atoms with Crippen LogP contribution in [0.2, 0.25) is 0 Å². The largest absolute Gasteiger partial charge is 0.497 e. The zero-order valence-electron chi connectivity index (χ0n) is 9.68. The maximum Gasteiger partial charge on any atom is 0.215 e. The predicted octanol–water partition coefficient (Wildman–Crippen LogP) is 1.24. The van der Waals surface area contributed by atoms with Gasteiger partial charge < -0.3 is 15.0 Å². The summed E-state index contributed by atoms with van der Waals surface area (Å²) in [5, 5.41) is 0. The smallest absolute Gasteiger partial charge is 0.215 e. The van der Waals surface area contributed by atoms with Gasteiger partial charge in [-0.2, -0.15) is 0 Å². The van der Waals surface area contributed by atoms with Crippen molar-refractivity contribution < 1.29 is 9.53 Å². The zero-order valence-corrected chi connectivity index (χ0v) is 9.68. The van der Waals surface area contributed by atoms with Crippen LogP contribution in [0.15, 0.2) is 30.6 Å². The molecule has 2 N–H and O–H groups in total. The maximum absolute atomic E-state index is 12.1. The molecule has 0 radical (unpaired) electrons. The van der Waals surface area contributed by atoms with Crippen LogP contribution in [0.25, 0.3) is 0 Å². The lowest BCUT2D eigenvalue weighted by Gasteiger charge is -2.03. The van der Waals surface area contributed by atoms with Crippen molar-refractivity contribution in [2.45, 2.75) is 0 Å². The van der Waals surface area contributed by atoms with Crippen LogP contribution < -0.4 is 10.5 Å². The monoisotopic (exact) mass is 231 g/mol. The van der Waals surface area contributed by atoms with Crippen molar-refractivity contribution in [3.63, 3.8) is 0 Å². The minimum Gasteiger partial charge on any atom is -0.497 e. The zero-order chi connectivity index (χ0) is 12.4. The molecule has 0 unspecified atom stereocenters. The Labute approximate surface area is 98.8 Å². The second-order valence-electron chi connectivity index (χ2n) is 3.65. The summed E-state index contributed by atoms with van der Waals surface area (Å²) in [6.45, 7) is 0. The van der Waals surface area contributed by atoms with Gasteiger partial charge in [0.1, 0.15) is 11.6 Å². The standard InChI is InChI=1S/C12H13N3O2/c1-15-7-14-10(12(15)13)11(16)8-4-3-5-9(6-8)17-2/h3-7H,13H2,1-2H3. The number of nitrogens with zero attached hydrogens (tertiary/aromatic N) is 2. The molecule has 0 fully saturated rings. The molecule has 0 bridgehead atoms. The highest BCUT2D eigenvalue weighted by Crippen LogP contribution is 2.18. The van der Waals surface area contributed by atoms with Gasteiger partial charge in [-0.15, -0.1) is 0 Å². The molecule has 5 heteroatoms. The van der Waals surface area contributed by atoms with Crippen LogP contribution in [-0.4, -0.2) is 22.4 Å². The summed E-state index contributed by atoms with van der Waals surface area (Å²) in [6, 6.07) is 6.90. The van der Waals surface area contributed by atoms with Gasteiger partial charge in [0.05, 0.1) is 13.4 Å². The molecule has 1 aromatic carbocycles. The minimum atomic E-state index is -0.206. The Hall–Kier alpha value is -2.30. The highest BCUT2D eigenvalue weighted by atomic mass is 16.5. The molecule has 2 aromatic rings. The van der Waals surface area contributed by atoms with Gasteiger partial charge in [-0.1, -0.05) is 12.1 Å². The Bertz CT molecular complexity index is 561. The number of ether oxygens (including phenoxy) is 1. The third-order valence-electron chi connectivity index (χ3n) is 2.53. The topological polar surface area (TPSA) is 70.1 Å². The number of carbonyl (C=O) groups excluding carboxylic acids is 1. The molecule has 17 heavy (non-hydrogen) atoms. The fourth-order valence-corrected chi connectivity index (χ4v) is 1.52. The van der Waals surface area contributed by atoms with E-state index in [0.29, 0.717) is 17.1 Å². The Balaban J connectivity index is 2.40. The quantitative estimate of drug-likeness (QED) is 0.807. The van der Waals surface area contributed by atoms with Crippen molar-refractivity contribution in [2.75, 3.05) is 12.8 Å². The average molecular weight is 231 g/mol. The summed E-state index contributed by atoms with van der Waals surface area (Å²) in [4.78, 5) is 16.1. The number of nitrogen functional groups attached to an aromatic ring is 1. The van der Waals surface area contributed by atoms with E-state index in [0.717, 1.165) is 0 Å². The average Bonchev–Trinajstić information content (AvgIpc) is 2.69. The van der Waals surface area contributed by atoms with E-state index in [-0.39, 0.29) is 11.5 Å². The van der Waals surface area contributed by atoms with Crippen LogP contribution in [-0.2, 0) is 7.05 Å². The fourth-order valence-electron chi connectivity index (χ4n) is 1.52. The summed E-state index contributed by atoms with van der Waals surface area (Å²) >= 11 is 0. The molecule has 0 atom stereocenters. The molecule has 0 aliphatic carbocycles. The van der Waals surface area contributed by atoms with E-state index >= 15 is 0 Å². The number of aromatic nitrogens is 2. The number of aryl methyl sites for hydroxylation is 1. The Morgan fingerprint density at radius 2 is 2.24 bits per heavy atom. The van der Waals surface area contributed by atoms with Crippen LogP contribution in [0.1, 0.15) is 16.1 Å². The van der Waals surface area contributed by atoms with E-state index < -0.39 is 0 Å². The van der Waals surface area contributed by atoms with E-state index in [9.17, 15) is 4.79 Å². The van der Waals surface area contributed by atoms with Gasteiger partial charge in [-0.05, 0) is 12.1 Å². The Kier molecular flexibility index (Phi) is 2.82. The van der Waals surface area contributed by atoms with Crippen molar-refractivity contribution in [1.82, 2.24) is 9.55 Å². The first-order chi connectivity index (χ1) is 8.13. The van der Waals surface area contributed by atoms with Crippen LogP contribution in [0.4, 0.5) is 5.82 Å². The molecule has 0 aliphatic rings. The van der Waals surface area contributed by atoms with Crippen LogP contribution in [0.5, 0.6) is 5.75 Å². The van der Waals surface area contributed by atoms with Gasteiger partial charge in [0.2, 0.25) is 5.78 Å². The molecule has 0 spiro atoms. The van der Waals surface area contributed by atoms with Crippen LogP contribution in [0.3, 0.4) is 0 Å². The number of carbonyl (C=O) groups is 1. The van der Waals surface area contributed by atoms with Crippen molar-refractivity contribution in [3.05, 3.63) is 41.9 Å². The van der Waals surface area contributed by atoms with Crippen LogP contribution >= 0.6 is 0 Å². The summed E-state index contributed by atoms with van der Waals surface area (Å²) in [5.74, 6) is 0.783. The summed E-state index contributed by atoms with van der Waals surface area (Å²) in [7, 11) is 3.30. The SMILES string of the molecule is COc1cccc(C(=O)c2ncn(C)c2N)c1. The highest BCUT2D eigenvalue weighted by Gasteiger charge is 2.16. The van der Waals surface area contributed by atoms with Gasteiger partial charge in [0.25, 0.3) is 0 Å². The maximum atomic E-state index is 12.1. The second-order valence-corrected chi connectivity index (χ2v) is 3.65. The molecular weight excluding hydrogens is 218 g/mol.